The zero-order valence-electron chi connectivity index (χ0n) is 11.0. The summed E-state index contributed by atoms with van der Waals surface area (Å²) < 4.78 is 1.92. The Kier molecular flexibility index (Phi) is 2.85. The predicted molar refractivity (Wildman–Crippen MR) is 74.1 cm³/mol. The van der Waals surface area contributed by atoms with Crippen molar-refractivity contribution in [3.63, 3.8) is 0 Å². The van der Waals surface area contributed by atoms with Gasteiger partial charge in [-0.05, 0) is 47.4 Å². The summed E-state index contributed by atoms with van der Waals surface area (Å²) in [6, 6.07) is 5.82. The number of nitrogens with zero attached hydrogens (tertiary/aromatic N) is 4. The molecule has 2 aromatic rings. The Hall–Kier alpha value is -2.11. The van der Waals surface area contributed by atoms with Crippen LogP contribution < -0.4 is 11.5 Å². The van der Waals surface area contributed by atoms with Crippen LogP contribution in [0.15, 0.2) is 18.2 Å². The van der Waals surface area contributed by atoms with Crippen LogP contribution in [0.5, 0.6) is 0 Å². The van der Waals surface area contributed by atoms with Crippen molar-refractivity contribution in [2.75, 3.05) is 11.5 Å². The second kappa shape index (κ2) is 4.53. The van der Waals surface area contributed by atoms with Crippen LogP contribution in [-0.4, -0.2) is 20.2 Å². The number of aromatic nitrogens is 4. The van der Waals surface area contributed by atoms with E-state index in [4.69, 9.17) is 11.5 Å². The molecule has 1 aromatic heterocycles. The Morgan fingerprint density at radius 1 is 1.16 bits per heavy atom. The largest absolute Gasteiger partial charge is 0.399 e. The molecule has 0 aliphatic heterocycles. The van der Waals surface area contributed by atoms with Gasteiger partial charge >= 0.3 is 0 Å². The van der Waals surface area contributed by atoms with Gasteiger partial charge in [0.15, 0.2) is 5.82 Å². The minimum Gasteiger partial charge on any atom is -0.399 e. The van der Waals surface area contributed by atoms with Crippen LogP contribution in [0.1, 0.15) is 32.2 Å². The fourth-order valence-electron chi connectivity index (χ4n) is 2.90. The fraction of sp³-hybridized carbons (Fsp3) is 0.462. The van der Waals surface area contributed by atoms with Crippen molar-refractivity contribution in [2.24, 2.45) is 5.92 Å². The number of hydrogen-bond donors (Lipinski definition) is 2. The summed E-state index contributed by atoms with van der Waals surface area (Å²) in [5, 5.41) is 12.1. The third kappa shape index (κ3) is 2.14. The number of tetrazole rings is 1. The number of nitrogens with two attached hydrogens (primary N) is 2. The average Bonchev–Trinajstić information content (AvgIpc) is 2.95. The van der Waals surface area contributed by atoms with Gasteiger partial charge in [-0.2, -0.15) is 0 Å². The van der Waals surface area contributed by atoms with Crippen molar-refractivity contribution in [3.05, 3.63) is 18.2 Å². The highest BCUT2D eigenvalue weighted by Crippen LogP contribution is 2.37. The van der Waals surface area contributed by atoms with Crippen LogP contribution in [0.3, 0.4) is 0 Å². The molecule has 0 amide bonds. The molecule has 2 atom stereocenters. The normalized spacial score (nSPS) is 22.8. The molecule has 1 aliphatic carbocycles. The Morgan fingerprint density at radius 2 is 1.89 bits per heavy atom. The number of hydrogen-bond acceptors (Lipinski definition) is 5. The van der Waals surface area contributed by atoms with E-state index >= 15 is 0 Å². The second-order valence-corrected chi connectivity index (χ2v) is 5.31. The van der Waals surface area contributed by atoms with Crippen molar-refractivity contribution >= 4 is 11.4 Å². The lowest BCUT2D eigenvalue weighted by atomic mass is 10.1. The topological polar surface area (TPSA) is 95.6 Å². The predicted octanol–water partition coefficient (Wildman–Crippen LogP) is 1.87. The third-order valence-corrected chi connectivity index (χ3v) is 3.86. The van der Waals surface area contributed by atoms with E-state index in [-0.39, 0.29) is 0 Å². The molecular weight excluding hydrogens is 240 g/mol. The zero-order valence-corrected chi connectivity index (χ0v) is 11.0. The van der Waals surface area contributed by atoms with E-state index in [0.717, 1.165) is 17.8 Å². The number of rotatable bonds is 2. The molecule has 4 N–H and O–H groups in total. The smallest absolute Gasteiger partial charge is 0.182 e. The highest BCUT2D eigenvalue weighted by molar-refractivity contribution is 5.67. The second-order valence-electron chi connectivity index (χ2n) is 5.31. The van der Waals surface area contributed by atoms with E-state index in [0.29, 0.717) is 23.3 Å². The minimum atomic E-state index is 0.368. The number of nitrogen functional groups attached to an aromatic ring is 2. The Labute approximate surface area is 111 Å². The summed E-state index contributed by atoms with van der Waals surface area (Å²) in [6.45, 7) is 2.25. The summed E-state index contributed by atoms with van der Waals surface area (Å²) in [6.07, 6.45) is 3.57. The SMILES string of the molecule is CC1CCCC1n1nnnc1-c1cc(N)cc(N)c1. The Balaban J connectivity index is 2.04. The first kappa shape index (κ1) is 12.0. The van der Waals surface area contributed by atoms with Crippen LogP contribution in [-0.2, 0) is 0 Å². The zero-order chi connectivity index (χ0) is 13.4. The molecule has 2 unspecified atom stereocenters. The van der Waals surface area contributed by atoms with Gasteiger partial charge in [0.2, 0.25) is 0 Å². The summed E-state index contributed by atoms with van der Waals surface area (Å²) in [5.74, 6) is 1.35. The molecule has 3 rings (SSSR count). The highest BCUT2D eigenvalue weighted by atomic mass is 15.6. The number of benzene rings is 1. The molecule has 1 saturated carbocycles. The summed E-state index contributed by atoms with van der Waals surface area (Å²) in [5.41, 5.74) is 13.8. The molecule has 6 nitrogen and oxygen atoms in total. The van der Waals surface area contributed by atoms with Gasteiger partial charge in [-0.3, -0.25) is 0 Å². The summed E-state index contributed by atoms with van der Waals surface area (Å²) in [4.78, 5) is 0. The van der Waals surface area contributed by atoms with Gasteiger partial charge in [0.25, 0.3) is 0 Å². The molecule has 1 heterocycles. The maximum Gasteiger partial charge on any atom is 0.182 e. The number of anilines is 2. The molecule has 1 fully saturated rings. The first-order chi connectivity index (χ1) is 9.15. The van der Waals surface area contributed by atoms with Crippen LogP contribution >= 0.6 is 0 Å². The van der Waals surface area contributed by atoms with E-state index in [9.17, 15) is 0 Å². The van der Waals surface area contributed by atoms with E-state index < -0.39 is 0 Å². The van der Waals surface area contributed by atoms with Crippen molar-refractivity contribution in [1.29, 1.82) is 0 Å². The standard InChI is InChI=1S/C13H18N6/c1-8-3-2-4-12(8)19-13(16-17-18-19)9-5-10(14)7-11(15)6-9/h5-8,12H,2-4,14-15H2,1H3. The van der Waals surface area contributed by atoms with Crippen molar-refractivity contribution in [3.8, 4) is 11.4 Å². The van der Waals surface area contributed by atoms with Gasteiger partial charge < -0.3 is 11.5 Å². The molecule has 1 aromatic carbocycles. The fourth-order valence-corrected chi connectivity index (χ4v) is 2.90. The average molecular weight is 258 g/mol. The molecule has 0 saturated heterocycles. The first-order valence-corrected chi connectivity index (χ1v) is 6.59. The van der Waals surface area contributed by atoms with E-state index in [1.54, 1.807) is 6.07 Å². The van der Waals surface area contributed by atoms with Gasteiger partial charge in [-0.1, -0.05) is 13.3 Å². The Morgan fingerprint density at radius 3 is 2.53 bits per heavy atom. The molecule has 0 spiro atoms. The van der Waals surface area contributed by atoms with Gasteiger partial charge in [0, 0.05) is 16.9 Å². The van der Waals surface area contributed by atoms with E-state index in [1.165, 1.54) is 12.8 Å². The van der Waals surface area contributed by atoms with Crippen LogP contribution in [0, 0.1) is 5.92 Å². The lowest BCUT2D eigenvalue weighted by molar-refractivity contribution is 0.370. The van der Waals surface area contributed by atoms with Crippen LogP contribution in [0.25, 0.3) is 11.4 Å². The maximum absolute atomic E-state index is 5.84. The van der Waals surface area contributed by atoms with Crippen LogP contribution in [0.4, 0.5) is 11.4 Å². The van der Waals surface area contributed by atoms with Crippen molar-refractivity contribution in [1.82, 2.24) is 20.2 Å². The summed E-state index contributed by atoms with van der Waals surface area (Å²) in [7, 11) is 0. The molecular formula is C13H18N6. The molecule has 0 bridgehead atoms. The van der Waals surface area contributed by atoms with Crippen molar-refractivity contribution in [2.45, 2.75) is 32.2 Å². The summed E-state index contributed by atoms with van der Waals surface area (Å²) >= 11 is 0. The monoisotopic (exact) mass is 258 g/mol. The quantitative estimate of drug-likeness (QED) is 0.802. The van der Waals surface area contributed by atoms with E-state index in [1.807, 2.05) is 16.8 Å². The molecule has 1 aliphatic rings. The molecule has 6 heteroatoms. The van der Waals surface area contributed by atoms with Gasteiger partial charge in [-0.25, -0.2) is 4.68 Å². The molecule has 0 radical (unpaired) electrons. The van der Waals surface area contributed by atoms with Gasteiger partial charge in [0.1, 0.15) is 0 Å². The lowest BCUT2D eigenvalue weighted by Crippen LogP contribution is -2.14. The minimum absolute atomic E-state index is 0.368. The van der Waals surface area contributed by atoms with E-state index in [2.05, 4.69) is 22.4 Å². The van der Waals surface area contributed by atoms with Crippen LogP contribution in [0.2, 0.25) is 0 Å². The maximum atomic E-state index is 5.84. The highest BCUT2D eigenvalue weighted by Gasteiger charge is 2.28. The van der Waals surface area contributed by atoms with Crippen molar-refractivity contribution < 1.29 is 0 Å². The first-order valence-electron chi connectivity index (χ1n) is 6.59. The lowest BCUT2D eigenvalue weighted by Gasteiger charge is -2.17. The van der Waals surface area contributed by atoms with Gasteiger partial charge in [0.05, 0.1) is 6.04 Å². The van der Waals surface area contributed by atoms with Gasteiger partial charge in [-0.15, -0.1) is 5.10 Å². The molecule has 100 valence electrons. The Bertz CT molecular complexity index is 570. The third-order valence-electron chi connectivity index (χ3n) is 3.86. The molecule has 19 heavy (non-hydrogen) atoms.